The quantitative estimate of drug-likeness (QED) is 0.816. The summed E-state index contributed by atoms with van der Waals surface area (Å²) < 4.78 is 0. The van der Waals surface area contributed by atoms with Crippen LogP contribution in [-0.4, -0.2) is 19.0 Å². The van der Waals surface area contributed by atoms with Crippen molar-refractivity contribution in [3.8, 4) is 0 Å². The van der Waals surface area contributed by atoms with E-state index in [9.17, 15) is 4.79 Å². The highest BCUT2D eigenvalue weighted by molar-refractivity contribution is 5.91. The molecule has 1 aromatic carbocycles. The number of carbonyl (C=O) groups is 1. The van der Waals surface area contributed by atoms with Gasteiger partial charge in [-0.3, -0.25) is 4.79 Å². The predicted octanol–water partition coefficient (Wildman–Crippen LogP) is 1.62. The first kappa shape index (κ1) is 11.7. The van der Waals surface area contributed by atoms with Gasteiger partial charge in [0, 0.05) is 25.7 Å². The Morgan fingerprint density at radius 2 is 1.80 bits per heavy atom. The lowest BCUT2D eigenvalue weighted by atomic mass is 10.1. The minimum absolute atomic E-state index is 0.0328. The Hall–Kier alpha value is -1.35. The molecule has 2 N–H and O–H groups in total. The van der Waals surface area contributed by atoms with Gasteiger partial charge in [0.1, 0.15) is 0 Å². The first-order valence-electron chi connectivity index (χ1n) is 5.11. The van der Waals surface area contributed by atoms with Gasteiger partial charge in [0.05, 0.1) is 0 Å². The molecule has 82 valence electrons. The van der Waals surface area contributed by atoms with Gasteiger partial charge in [0.15, 0.2) is 0 Å². The van der Waals surface area contributed by atoms with Gasteiger partial charge < -0.3 is 10.6 Å². The maximum absolute atomic E-state index is 11.4. The van der Waals surface area contributed by atoms with Gasteiger partial charge in [0.25, 0.3) is 0 Å². The zero-order chi connectivity index (χ0) is 11.4. The van der Waals surface area contributed by atoms with Crippen molar-refractivity contribution in [3.63, 3.8) is 0 Å². The van der Waals surface area contributed by atoms with Crippen molar-refractivity contribution in [2.45, 2.75) is 20.8 Å². The Kier molecular flexibility index (Phi) is 3.86. The Bertz CT molecular complexity index is 340. The summed E-state index contributed by atoms with van der Waals surface area (Å²) in [5, 5.41) is 0. The summed E-state index contributed by atoms with van der Waals surface area (Å²) in [5.74, 6) is 0.0328. The van der Waals surface area contributed by atoms with E-state index in [1.54, 1.807) is 11.8 Å². The third kappa shape index (κ3) is 3.06. The highest BCUT2D eigenvalue weighted by atomic mass is 16.2. The Balaban J connectivity index is 3.05. The average Bonchev–Trinajstić information content (AvgIpc) is 2.11. The molecule has 0 atom stereocenters. The number of aryl methyl sites for hydroxylation is 2. The molecule has 0 saturated carbocycles. The van der Waals surface area contributed by atoms with E-state index in [0.29, 0.717) is 13.1 Å². The number of nitrogens with two attached hydrogens (primary N) is 1. The van der Waals surface area contributed by atoms with Crippen LogP contribution >= 0.6 is 0 Å². The number of hydrogen-bond donors (Lipinski definition) is 1. The van der Waals surface area contributed by atoms with E-state index in [1.807, 2.05) is 26.0 Å². The SMILES string of the molecule is CC(=O)N(CCN)c1cc(C)cc(C)c1. The lowest BCUT2D eigenvalue weighted by Crippen LogP contribution is -2.33. The molecule has 0 unspecified atom stereocenters. The molecule has 15 heavy (non-hydrogen) atoms. The van der Waals surface area contributed by atoms with Crippen LogP contribution < -0.4 is 10.6 Å². The van der Waals surface area contributed by atoms with Gasteiger partial charge in [-0.15, -0.1) is 0 Å². The third-order valence-electron chi connectivity index (χ3n) is 2.25. The smallest absolute Gasteiger partial charge is 0.223 e. The number of benzene rings is 1. The minimum atomic E-state index is 0.0328. The van der Waals surface area contributed by atoms with Gasteiger partial charge in [-0.2, -0.15) is 0 Å². The number of anilines is 1. The predicted molar refractivity (Wildman–Crippen MR) is 63.0 cm³/mol. The van der Waals surface area contributed by atoms with Crippen LogP contribution in [0.1, 0.15) is 18.1 Å². The Morgan fingerprint density at radius 3 is 2.20 bits per heavy atom. The van der Waals surface area contributed by atoms with Gasteiger partial charge in [-0.25, -0.2) is 0 Å². The van der Waals surface area contributed by atoms with Crippen molar-refractivity contribution in [1.82, 2.24) is 0 Å². The molecule has 0 bridgehead atoms. The highest BCUT2D eigenvalue weighted by Crippen LogP contribution is 2.18. The zero-order valence-electron chi connectivity index (χ0n) is 9.58. The summed E-state index contributed by atoms with van der Waals surface area (Å²) in [6.07, 6.45) is 0. The van der Waals surface area contributed by atoms with Crippen LogP contribution in [0, 0.1) is 13.8 Å². The molecule has 0 fully saturated rings. The largest absolute Gasteiger partial charge is 0.329 e. The second kappa shape index (κ2) is 4.94. The summed E-state index contributed by atoms with van der Waals surface area (Å²) >= 11 is 0. The molecule has 1 aromatic rings. The second-order valence-electron chi connectivity index (χ2n) is 3.81. The summed E-state index contributed by atoms with van der Waals surface area (Å²) in [6.45, 7) is 6.66. The van der Waals surface area contributed by atoms with Crippen molar-refractivity contribution in [2.75, 3.05) is 18.0 Å². The molecule has 0 aromatic heterocycles. The van der Waals surface area contributed by atoms with Crippen LogP contribution in [0.25, 0.3) is 0 Å². The normalized spacial score (nSPS) is 10.1. The molecule has 0 radical (unpaired) electrons. The molecule has 3 heteroatoms. The van der Waals surface area contributed by atoms with E-state index in [4.69, 9.17) is 5.73 Å². The van der Waals surface area contributed by atoms with E-state index in [2.05, 4.69) is 6.07 Å². The van der Waals surface area contributed by atoms with E-state index in [0.717, 1.165) is 16.8 Å². The molecule has 1 amide bonds. The van der Waals surface area contributed by atoms with E-state index < -0.39 is 0 Å². The van der Waals surface area contributed by atoms with Crippen molar-refractivity contribution >= 4 is 11.6 Å². The fraction of sp³-hybridized carbons (Fsp3) is 0.417. The lowest BCUT2D eigenvalue weighted by Gasteiger charge is -2.21. The van der Waals surface area contributed by atoms with Crippen LogP contribution in [0.4, 0.5) is 5.69 Å². The first-order valence-corrected chi connectivity index (χ1v) is 5.11. The van der Waals surface area contributed by atoms with Crippen LogP contribution in [0.2, 0.25) is 0 Å². The minimum Gasteiger partial charge on any atom is -0.329 e. The summed E-state index contributed by atoms with van der Waals surface area (Å²) in [7, 11) is 0. The molecule has 0 aliphatic carbocycles. The van der Waals surface area contributed by atoms with Crippen molar-refractivity contribution < 1.29 is 4.79 Å². The van der Waals surface area contributed by atoms with Crippen molar-refractivity contribution in [3.05, 3.63) is 29.3 Å². The Morgan fingerprint density at radius 1 is 1.27 bits per heavy atom. The first-order chi connectivity index (χ1) is 7.04. The number of hydrogen-bond acceptors (Lipinski definition) is 2. The molecule has 0 aliphatic rings. The number of rotatable bonds is 3. The van der Waals surface area contributed by atoms with Gasteiger partial charge in [-0.1, -0.05) is 6.07 Å². The molecule has 1 rings (SSSR count). The molecule has 0 spiro atoms. The van der Waals surface area contributed by atoms with Crippen LogP contribution in [0.15, 0.2) is 18.2 Å². The molecular formula is C12H18N2O. The lowest BCUT2D eigenvalue weighted by molar-refractivity contribution is -0.116. The fourth-order valence-corrected chi connectivity index (χ4v) is 1.70. The summed E-state index contributed by atoms with van der Waals surface area (Å²) in [5.41, 5.74) is 8.74. The number of carbonyl (C=O) groups excluding carboxylic acids is 1. The van der Waals surface area contributed by atoms with Crippen LogP contribution in [0.5, 0.6) is 0 Å². The maximum atomic E-state index is 11.4. The summed E-state index contributed by atoms with van der Waals surface area (Å²) in [4.78, 5) is 13.1. The van der Waals surface area contributed by atoms with Crippen LogP contribution in [-0.2, 0) is 4.79 Å². The van der Waals surface area contributed by atoms with Crippen molar-refractivity contribution in [2.24, 2.45) is 5.73 Å². The zero-order valence-corrected chi connectivity index (χ0v) is 9.58. The number of amides is 1. The molecule has 0 heterocycles. The maximum Gasteiger partial charge on any atom is 0.223 e. The van der Waals surface area contributed by atoms with Gasteiger partial charge >= 0.3 is 0 Å². The fourth-order valence-electron chi connectivity index (χ4n) is 1.70. The van der Waals surface area contributed by atoms with Crippen molar-refractivity contribution in [1.29, 1.82) is 0 Å². The Labute approximate surface area is 90.9 Å². The molecule has 0 aliphatic heterocycles. The van der Waals surface area contributed by atoms with Gasteiger partial charge in [0.2, 0.25) is 5.91 Å². The second-order valence-corrected chi connectivity index (χ2v) is 3.81. The highest BCUT2D eigenvalue weighted by Gasteiger charge is 2.10. The third-order valence-corrected chi connectivity index (χ3v) is 2.25. The molecule has 3 nitrogen and oxygen atoms in total. The van der Waals surface area contributed by atoms with E-state index >= 15 is 0 Å². The molecular weight excluding hydrogens is 188 g/mol. The number of nitrogens with zero attached hydrogens (tertiary/aromatic N) is 1. The molecule has 0 saturated heterocycles. The van der Waals surface area contributed by atoms with E-state index in [1.165, 1.54) is 0 Å². The van der Waals surface area contributed by atoms with E-state index in [-0.39, 0.29) is 5.91 Å². The monoisotopic (exact) mass is 206 g/mol. The standard InChI is InChI=1S/C12H18N2O/c1-9-6-10(2)8-12(7-9)14(5-4-13)11(3)15/h6-8H,4-5,13H2,1-3H3. The summed E-state index contributed by atoms with van der Waals surface area (Å²) in [6, 6.07) is 6.10. The topological polar surface area (TPSA) is 46.3 Å². The van der Waals surface area contributed by atoms with Crippen LogP contribution in [0.3, 0.4) is 0 Å². The average molecular weight is 206 g/mol. The van der Waals surface area contributed by atoms with Gasteiger partial charge in [-0.05, 0) is 37.1 Å².